The van der Waals surface area contributed by atoms with Gasteiger partial charge in [-0.3, -0.25) is 4.79 Å². The molecule has 0 aromatic heterocycles. The van der Waals surface area contributed by atoms with Crippen LogP contribution in [0.3, 0.4) is 0 Å². The van der Waals surface area contributed by atoms with Crippen LogP contribution in [0, 0.1) is 17.1 Å². The number of hydrogen-bond donors (Lipinski definition) is 0. The van der Waals surface area contributed by atoms with Crippen LogP contribution < -0.4 is 4.90 Å². The van der Waals surface area contributed by atoms with E-state index in [2.05, 4.69) is 0 Å². The number of halogens is 3. The molecule has 2 aromatic carbocycles. The summed E-state index contributed by atoms with van der Waals surface area (Å²) in [6.07, 6.45) is -2.74. The van der Waals surface area contributed by atoms with Gasteiger partial charge in [-0.05, 0) is 42.5 Å². The molecule has 112 valence electrons. The van der Waals surface area contributed by atoms with Crippen molar-refractivity contribution in [1.82, 2.24) is 0 Å². The van der Waals surface area contributed by atoms with E-state index >= 15 is 0 Å². The van der Waals surface area contributed by atoms with E-state index < -0.39 is 24.7 Å². The van der Waals surface area contributed by atoms with Crippen LogP contribution in [0.15, 0.2) is 48.5 Å². The van der Waals surface area contributed by atoms with Gasteiger partial charge >= 0.3 is 0 Å². The van der Waals surface area contributed by atoms with Crippen LogP contribution in [0.4, 0.5) is 18.9 Å². The van der Waals surface area contributed by atoms with Crippen molar-refractivity contribution < 1.29 is 18.0 Å². The molecule has 0 atom stereocenters. The Labute approximate surface area is 125 Å². The Hall–Kier alpha value is -2.81. The molecule has 1 amide bonds. The first-order valence-electron chi connectivity index (χ1n) is 6.37. The fourth-order valence-electron chi connectivity index (χ4n) is 1.94. The molecule has 0 heterocycles. The van der Waals surface area contributed by atoms with Crippen molar-refractivity contribution in [2.75, 3.05) is 11.4 Å². The minimum absolute atomic E-state index is 0.115. The molecule has 2 aromatic rings. The molecule has 0 bridgehead atoms. The molecule has 0 aliphatic heterocycles. The highest BCUT2D eigenvalue weighted by Gasteiger charge is 2.21. The van der Waals surface area contributed by atoms with Crippen molar-refractivity contribution in [2.45, 2.75) is 6.43 Å². The van der Waals surface area contributed by atoms with Gasteiger partial charge in [0.1, 0.15) is 5.82 Å². The van der Waals surface area contributed by atoms with Crippen molar-refractivity contribution in [1.29, 1.82) is 5.26 Å². The lowest BCUT2D eigenvalue weighted by Gasteiger charge is -2.22. The Morgan fingerprint density at radius 2 is 1.86 bits per heavy atom. The summed E-state index contributed by atoms with van der Waals surface area (Å²) >= 11 is 0. The van der Waals surface area contributed by atoms with E-state index in [1.165, 1.54) is 36.4 Å². The number of nitriles is 1. The number of amides is 1. The Morgan fingerprint density at radius 3 is 2.45 bits per heavy atom. The van der Waals surface area contributed by atoms with Gasteiger partial charge < -0.3 is 4.90 Å². The molecule has 2 rings (SSSR count). The monoisotopic (exact) mass is 304 g/mol. The van der Waals surface area contributed by atoms with Crippen molar-refractivity contribution in [2.24, 2.45) is 0 Å². The average molecular weight is 304 g/mol. The normalized spacial score (nSPS) is 10.3. The zero-order valence-electron chi connectivity index (χ0n) is 11.3. The number of benzene rings is 2. The molecule has 0 saturated carbocycles. The molecule has 3 nitrogen and oxygen atoms in total. The standard InChI is InChI=1S/C16H11F3N2O/c17-13-4-6-14(7-5-13)21(10-15(18)19)16(22)12-3-1-2-11(8-12)9-20/h1-8,15H,10H2. The Bertz CT molecular complexity index is 708. The average Bonchev–Trinajstić information content (AvgIpc) is 2.53. The first-order chi connectivity index (χ1) is 10.5. The van der Waals surface area contributed by atoms with Crippen LogP contribution in [-0.2, 0) is 0 Å². The van der Waals surface area contributed by atoms with Crippen molar-refractivity contribution in [3.63, 3.8) is 0 Å². The van der Waals surface area contributed by atoms with Crippen LogP contribution in [0.25, 0.3) is 0 Å². The summed E-state index contributed by atoms with van der Waals surface area (Å²) in [5.74, 6) is -1.20. The molecular formula is C16H11F3N2O. The van der Waals surface area contributed by atoms with E-state index in [9.17, 15) is 18.0 Å². The van der Waals surface area contributed by atoms with Crippen molar-refractivity contribution >= 4 is 11.6 Å². The van der Waals surface area contributed by atoms with E-state index in [1.807, 2.05) is 6.07 Å². The number of rotatable bonds is 4. The SMILES string of the molecule is N#Cc1cccc(C(=O)N(CC(F)F)c2ccc(F)cc2)c1. The lowest BCUT2D eigenvalue weighted by molar-refractivity contribution is 0.0945. The van der Waals surface area contributed by atoms with E-state index in [0.29, 0.717) is 0 Å². The zero-order chi connectivity index (χ0) is 16.1. The number of carbonyl (C=O) groups is 1. The lowest BCUT2D eigenvalue weighted by Crippen LogP contribution is -2.35. The third-order valence-corrected chi connectivity index (χ3v) is 2.94. The number of alkyl halides is 2. The second-order valence-electron chi connectivity index (χ2n) is 4.48. The van der Waals surface area contributed by atoms with E-state index in [4.69, 9.17) is 5.26 Å². The van der Waals surface area contributed by atoms with E-state index in [1.54, 1.807) is 0 Å². The van der Waals surface area contributed by atoms with Gasteiger partial charge in [0.15, 0.2) is 0 Å². The summed E-state index contributed by atoms with van der Waals surface area (Å²) in [7, 11) is 0. The Balaban J connectivity index is 2.38. The fourth-order valence-corrected chi connectivity index (χ4v) is 1.94. The van der Waals surface area contributed by atoms with Gasteiger partial charge in [0, 0.05) is 11.3 Å². The minimum atomic E-state index is -2.74. The van der Waals surface area contributed by atoms with Gasteiger partial charge in [-0.25, -0.2) is 13.2 Å². The first kappa shape index (κ1) is 15.6. The van der Waals surface area contributed by atoms with Crippen LogP contribution in [0.1, 0.15) is 15.9 Å². The van der Waals surface area contributed by atoms with Crippen LogP contribution >= 0.6 is 0 Å². The number of hydrogen-bond acceptors (Lipinski definition) is 2. The van der Waals surface area contributed by atoms with Gasteiger partial charge in [-0.15, -0.1) is 0 Å². The van der Waals surface area contributed by atoms with Gasteiger partial charge in [0.2, 0.25) is 0 Å². The maximum atomic E-state index is 12.9. The molecular weight excluding hydrogens is 293 g/mol. The first-order valence-corrected chi connectivity index (χ1v) is 6.37. The van der Waals surface area contributed by atoms with Gasteiger partial charge in [0.05, 0.1) is 18.2 Å². The molecule has 0 aliphatic rings. The molecule has 6 heteroatoms. The second kappa shape index (κ2) is 6.76. The highest BCUT2D eigenvalue weighted by molar-refractivity contribution is 6.06. The quantitative estimate of drug-likeness (QED) is 0.866. The Kier molecular flexibility index (Phi) is 4.79. The predicted molar refractivity (Wildman–Crippen MR) is 75.2 cm³/mol. The summed E-state index contributed by atoms with van der Waals surface area (Å²) in [6, 6.07) is 12.3. The molecule has 22 heavy (non-hydrogen) atoms. The van der Waals surface area contributed by atoms with Crippen molar-refractivity contribution in [3.05, 3.63) is 65.5 Å². The number of carbonyl (C=O) groups excluding carboxylic acids is 1. The smallest absolute Gasteiger partial charge is 0.258 e. The summed E-state index contributed by atoms with van der Waals surface area (Å²) in [6.45, 7) is -0.818. The molecule has 0 N–H and O–H groups in total. The maximum Gasteiger partial charge on any atom is 0.258 e. The summed E-state index contributed by atoms with van der Waals surface area (Å²) in [4.78, 5) is 13.3. The summed E-state index contributed by atoms with van der Waals surface area (Å²) in [5.41, 5.74) is 0.528. The van der Waals surface area contributed by atoms with E-state index in [-0.39, 0.29) is 16.8 Å². The second-order valence-corrected chi connectivity index (χ2v) is 4.48. The Morgan fingerprint density at radius 1 is 1.18 bits per heavy atom. The molecule has 0 spiro atoms. The zero-order valence-corrected chi connectivity index (χ0v) is 11.3. The van der Waals surface area contributed by atoms with E-state index in [0.717, 1.165) is 17.0 Å². The molecule has 0 saturated heterocycles. The van der Waals surface area contributed by atoms with Crippen LogP contribution in [0.5, 0.6) is 0 Å². The molecule has 0 unspecified atom stereocenters. The lowest BCUT2D eigenvalue weighted by atomic mass is 10.1. The topological polar surface area (TPSA) is 44.1 Å². The van der Waals surface area contributed by atoms with Gasteiger partial charge in [-0.2, -0.15) is 5.26 Å². The number of anilines is 1. The van der Waals surface area contributed by atoms with Crippen LogP contribution in [-0.4, -0.2) is 18.9 Å². The fraction of sp³-hybridized carbons (Fsp3) is 0.125. The number of nitrogens with zero attached hydrogens (tertiary/aromatic N) is 2. The van der Waals surface area contributed by atoms with Crippen molar-refractivity contribution in [3.8, 4) is 6.07 Å². The third-order valence-electron chi connectivity index (χ3n) is 2.94. The highest BCUT2D eigenvalue weighted by atomic mass is 19.3. The maximum absolute atomic E-state index is 12.9. The minimum Gasteiger partial charge on any atom is -0.303 e. The molecule has 0 aliphatic carbocycles. The molecule has 0 radical (unpaired) electrons. The summed E-state index contributed by atoms with van der Waals surface area (Å²) < 4.78 is 38.4. The molecule has 0 fully saturated rings. The predicted octanol–water partition coefficient (Wildman–Crippen LogP) is 3.61. The van der Waals surface area contributed by atoms with Crippen LogP contribution in [0.2, 0.25) is 0 Å². The largest absolute Gasteiger partial charge is 0.303 e. The summed E-state index contributed by atoms with van der Waals surface area (Å²) in [5, 5.41) is 8.84. The third kappa shape index (κ3) is 3.64. The van der Waals surface area contributed by atoms with Gasteiger partial charge in [0.25, 0.3) is 12.3 Å². The highest BCUT2D eigenvalue weighted by Crippen LogP contribution is 2.19. The van der Waals surface area contributed by atoms with Gasteiger partial charge in [-0.1, -0.05) is 6.07 Å².